The zero-order valence-corrected chi connectivity index (χ0v) is 21.3. The second kappa shape index (κ2) is 16.8. The molecule has 198 valence electrons. The molecule has 0 radical (unpaired) electrons. The number of anilines is 1. The summed E-state index contributed by atoms with van der Waals surface area (Å²) in [5.74, 6) is 0.332. The predicted octanol–water partition coefficient (Wildman–Crippen LogP) is 0.0502. The van der Waals surface area contributed by atoms with Crippen LogP contribution in [-0.4, -0.2) is 114 Å². The number of hydrogen-bond donors (Lipinski definition) is 4. The number of carboxylic acid groups (broad SMARTS) is 2. The third-order valence-electron chi connectivity index (χ3n) is 5.85. The summed E-state index contributed by atoms with van der Waals surface area (Å²) in [6, 6.07) is 0.0843. The van der Waals surface area contributed by atoms with Crippen LogP contribution in [0.5, 0.6) is 0 Å². The highest BCUT2D eigenvalue weighted by Gasteiger charge is 2.30. The molecule has 2 aliphatic heterocycles. The number of likely N-dealkylation sites (tertiary alicyclic amines) is 1. The largest absolute Gasteiger partial charge is 0.483 e. The van der Waals surface area contributed by atoms with Gasteiger partial charge in [0, 0.05) is 50.6 Å². The first-order valence-corrected chi connectivity index (χ1v) is 12.4. The summed E-state index contributed by atoms with van der Waals surface area (Å²) in [6.07, 6.45) is 3.71. The lowest BCUT2D eigenvalue weighted by atomic mass is 10.00. The van der Waals surface area contributed by atoms with Crippen molar-refractivity contribution in [3.8, 4) is 0 Å². The van der Waals surface area contributed by atoms with Gasteiger partial charge in [-0.2, -0.15) is 0 Å². The topological polar surface area (TPSA) is 169 Å². The average Bonchev–Trinajstić information content (AvgIpc) is 2.98. The molecule has 3 rings (SSSR count). The zero-order valence-electron chi connectivity index (χ0n) is 20.5. The third-order valence-corrected chi connectivity index (χ3v) is 6.57. The van der Waals surface area contributed by atoms with Gasteiger partial charge in [0.05, 0.1) is 11.6 Å². The molecular formula is C22H38N6O6S. The van der Waals surface area contributed by atoms with Crippen molar-refractivity contribution >= 4 is 41.2 Å². The number of thiazole rings is 1. The predicted molar refractivity (Wildman–Crippen MR) is 133 cm³/mol. The molecule has 5 N–H and O–H groups in total. The summed E-state index contributed by atoms with van der Waals surface area (Å²) < 4.78 is 0. The van der Waals surface area contributed by atoms with Crippen molar-refractivity contribution in [1.29, 1.82) is 0 Å². The molecule has 12 nitrogen and oxygen atoms in total. The third kappa shape index (κ3) is 12.0. The second-order valence-corrected chi connectivity index (χ2v) is 9.52. The molecular weight excluding hydrogens is 476 g/mol. The van der Waals surface area contributed by atoms with Crippen LogP contribution in [0, 0.1) is 5.92 Å². The van der Waals surface area contributed by atoms with Gasteiger partial charge >= 0.3 is 0 Å². The van der Waals surface area contributed by atoms with Crippen LogP contribution in [0.4, 0.5) is 5.13 Å². The molecule has 0 aromatic carbocycles. The minimum Gasteiger partial charge on any atom is -0.483 e. The Labute approximate surface area is 210 Å². The first-order chi connectivity index (χ1) is 16.7. The van der Waals surface area contributed by atoms with Crippen LogP contribution in [0.25, 0.3) is 0 Å². The van der Waals surface area contributed by atoms with E-state index in [0.717, 1.165) is 64.2 Å². The first kappa shape index (κ1) is 30.3. The van der Waals surface area contributed by atoms with Crippen LogP contribution in [-0.2, 0) is 25.6 Å². The van der Waals surface area contributed by atoms with Crippen molar-refractivity contribution < 1.29 is 29.4 Å². The summed E-state index contributed by atoms with van der Waals surface area (Å²) in [7, 11) is 4.16. The number of nitrogens with zero attached hydrogens (tertiary/aromatic N) is 4. The number of nitrogen functional groups attached to an aromatic ring is 1. The van der Waals surface area contributed by atoms with Crippen LogP contribution < -0.4 is 11.1 Å². The number of amides is 2. The summed E-state index contributed by atoms with van der Waals surface area (Å²) in [5.41, 5.74) is 6.51. The van der Waals surface area contributed by atoms with Gasteiger partial charge in [-0.3, -0.25) is 19.2 Å². The Hall–Kier alpha value is -2.77. The van der Waals surface area contributed by atoms with Gasteiger partial charge < -0.3 is 36.0 Å². The minimum absolute atomic E-state index is 0.0169. The van der Waals surface area contributed by atoms with Crippen molar-refractivity contribution in [2.24, 2.45) is 5.92 Å². The van der Waals surface area contributed by atoms with E-state index in [0.29, 0.717) is 18.0 Å². The summed E-state index contributed by atoms with van der Waals surface area (Å²) in [6.45, 7) is 4.70. The van der Waals surface area contributed by atoms with Crippen LogP contribution >= 0.6 is 11.3 Å². The van der Waals surface area contributed by atoms with Crippen molar-refractivity contribution in [3.63, 3.8) is 0 Å². The van der Waals surface area contributed by atoms with E-state index in [-0.39, 0.29) is 36.7 Å². The van der Waals surface area contributed by atoms with Crippen molar-refractivity contribution in [1.82, 2.24) is 25.0 Å². The lowest BCUT2D eigenvalue weighted by Crippen LogP contribution is -2.43. The van der Waals surface area contributed by atoms with E-state index in [4.69, 9.17) is 25.5 Å². The smallest absolute Gasteiger partial charge is 0.290 e. The van der Waals surface area contributed by atoms with Gasteiger partial charge in [-0.05, 0) is 46.3 Å². The lowest BCUT2D eigenvalue weighted by molar-refractivity contribution is -0.136. The number of aryl methyl sites for hydroxylation is 1. The van der Waals surface area contributed by atoms with E-state index in [2.05, 4.69) is 27.1 Å². The molecule has 1 aromatic heterocycles. The Morgan fingerprint density at radius 1 is 1.11 bits per heavy atom. The fourth-order valence-corrected chi connectivity index (χ4v) is 4.83. The van der Waals surface area contributed by atoms with Gasteiger partial charge in [0.15, 0.2) is 5.13 Å². The quantitative estimate of drug-likeness (QED) is 0.394. The number of aromatic nitrogens is 1. The van der Waals surface area contributed by atoms with E-state index in [9.17, 15) is 9.59 Å². The highest BCUT2D eigenvalue weighted by Crippen LogP contribution is 2.20. The Balaban J connectivity index is 0.000000926. The number of carbonyl (C=O) groups is 4. The molecule has 3 heterocycles. The Kier molecular flexibility index (Phi) is 14.5. The molecule has 0 aliphatic carbocycles. The van der Waals surface area contributed by atoms with Gasteiger partial charge in [0.2, 0.25) is 11.8 Å². The number of rotatable bonds is 5. The molecule has 2 atom stereocenters. The molecule has 35 heavy (non-hydrogen) atoms. The van der Waals surface area contributed by atoms with Crippen LogP contribution in [0.3, 0.4) is 0 Å². The molecule has 2 fully saturated rings. The van der Waals surface area contributed by atoms with E-state index in [1.54, 1.807) is 0 Å². The second-order valence-electron chi connectivity index (χ2n) is 8.63. The van der Waals surface area contributed by atoms with Gasteiger partial charge in [0.1, 0.15) is 0 Å². The zero-order chi connectivity index (χ0) is 26.2. The molecule has 0 bridgehead atoms. The molecule has 1 aromatic rings. The molecule has 0 unspecified atom stereocenters. The molecule has 2 aliphatic rings. The standard InChI is InChI=1S/C20H34N6O2S.2CH2O2/c1-24-8-3-9-26(11-10-24)19(28)15-4-5-16(13-25(2)12-15)22-18(27)7-6-17-14-29-20(21)23-17;2*2-1-3/h14-16H,3-13H2,1-2H3,(H2,21,23)(H,22,27);2*1H,(H,2,3)/t15-,16+;;/m1../s1. The minimum atomic E-state index is -0.250. The van der Waals surface area contributed by atoms with E-state index in [1.807, 2.05) is 17.3 Å². The SMILES string of the molecule is CN1CCCN(C(=O)[C@@H]2CC[C@H](NC(=O)CCc3csc(N)n3)CN(C)C2)CC1.O=CO.O=CO. The van der Waals surface area contributed by atoms with E-state index in [1.165, 1.54) is 11.3 Å². The molecule has 0 spiro atoms. The maximum Gasteiger partial charge on any atom is 0.290 e. The van der Waals surface area contributed by atoms with Crippen LogP contribution in [0.2, 0.25) is 0 Å². The van der Waals surface area contributed by atoms with Gasteiger partial charge in [-0.1, -0.05) is 0 Å². The van der Waals surface area contributed by atoms with Crippen molar-refractivity contribution in [2.45, 2.75) is 38.1 Å². The molecule has 0 saturated carbocycles. The number of carbonyl (C=O) groups excluding carboxylic acids is 2. The van der Waals surface area contributed by atoms with Crippen LogP contribution in [0.15, 0.2) is 5.38 Å². The summed E-state index contributed by atoms with van der Waals surface area (Å²) >= 11 is 1.40. The lowest BCUT2D eigenvalue weighted by Gasteiger charge is -2.27. The van der Waals surface area contributed by atoms with E-state index >= 15 is 0 Å². The number of hydrogen-bond acceptors (Lipinski definition) is 9. The average molecular weight is 515 g/mol. The summed E-state index contributed by atoms with van der Waals surface area (Å²) in [5, 5.41) is 19.4. The normalized spacial score (nSPS) is 21.1. The first-order valence-electron chi connectivity index (χ1n) is 11.5. The Morgan fingerprint density at radius 3 is 2.43 bits per heavy atom. The van der Waals surface area contributed by atoms with Crippen molar-refractivity contribution in [3.05, 3.63) is 11.1 Å². The maximum atomic E-state index is 13.1. The highest BCUT2D eigenvalue weighted by molar-refractivity contribution is 7.13. The van der Waals surface area contributed by atoms with Gasteiger partial charge in [-0.15, -0.1) is 11.3 Å². The molecule has 13 heteroatoms. The molecule has 2 amide bonds. The number of nitrogens with two attached hydrogens (primary N) is 1. The van der Waals surface area contributed by atoms with Gasteiger partial charge in [-0.25, -0.2) is 4.98 Å². The fraction of sp³-hybridized carbons (Fsp3) is 0.682. The Morgan fingerprint density at radius 2 is 1.80 bits per heavy atom. The maximum absolute atomic E-state index is 13.1. The van der Waals surface area contributed by atoms with E-state index < -0.39 is 0 Å². The highest BCUT2D eigenvalue weighted by atomic mass is 32.1. The summed E-state index contributed by atoms with van der Waals surface area (Å²) in [4.78, 5) is 52.9. The monoisotopic (exact) mass is 514 g/mol. The Bertz CT molecular complexity index is 788. The van der Waals surface area contributed by atoms with Gasteiger partial charge in [0.25, 0.3) is 12.9 Å². The molecule has 2 saturated heterocycles. The fourth-order valence-electron chi connectivity index (χ4n) is 4.24. The van der Waals surface area contributed by atoms with Crippen LogP contribution in [0.1, 0.15) is 31.4 Å². The number of likely N-dealkylation sites (N-methyl/N-ethyl adjacent to an activating group) is 2. The van der Waals surface area contributed by atoms with Crippen molar-refractivity contribution in [2.75, 3.05) is 59.1 Å². The number of nitrogens with one attached hydrogen (secondary N) is 1.